The number of carbonyl (C=O) groups excluding carboxylic acids is 2. The molecule has 1 aliphatic rings. The van der Waals surface area contributed by atoms with Gasteiger partial charge in [-0.25, -0.2) is 14.8 Å². The highest BCUT2D eigenvalue weighted by Gasteiger charge is 2.29. The molecule has 0 radical (unpaired) electrons. The van der Waals surface area contributed by atoms with E-state index in [4.69, 9.17) is 4.74 Å². The number of amides is 2. The molecule has 27 heavy (non-hydrogen) atoms. The lowest BCUT2D eigenvalue weighted by atomic mass is 10.2. The van der Waals surface area contributed by atoms with Crippen molar-refractivity contribution in [3.05, 3.63) is 30.4 Å². The second-order valence-corrected chi connectivity index (χ2v) is 7.58. The van der Waals surface area contributed by atoms with Crippen LogP contribution < -0.4 is 0 Å². The van der Waals surface area contributed by atoms with E-state index in [9.17, 15) is 9.59 Å². The number of nitrogens with one attached hydrogen (secondary N) is 1. The quantitative estimate of drug-likeness (QED) is 0.706. The summed E-state index contributed by atoms with van der Waals surface area (Å²) in [5.41, 5.74) is 2.07. The van der Waals surface area contributed by atoms with Gasteiger partial charge in [-0.1, -0.05) is 0 Å². The lowest BCUT2D eigenvalue weighted by Crippen LogP contribution is -2.51. The maximum absolute atomic E-state index is 12.8. The zero-order valence-corrected chi connectivity index (χ0v) is 15.6. The molecule has 1 saturated heterocycles. The zero-order chi connectivity index (χ0) is 19.2. The average Bonchev–Trinajstić information content (AvgIpc) is 3.25. The smallest absolute Gasteiger partial charge is 0.410 e. The summed E-state index contributed by atoms with van der Waals surface area (Å²) < 4.78 is 7.24. The van der Waals surface area contributed by atoms with E-state index in [0.29, 0.717) is 37.5 Å². The summed E-state index contributed by atoms with van der Waals surface area (Å²) in [6.07, 6.45) is 4.82. The highest BCUT2D eigenvalue weighted by Crippen LogP contribution is 2.16. The van der Waals surface area contributed by atoms with Crippen LogP contribution in [0.15, 0.2) is 24.7 Å². The van der Waals surface area contributed by atoms with Crippen molar-refractivity contribution < 1.29 is 14.3 Å². The number of hydrogen-bond acceptors (Lipinski definition) is 5. The van der Waals surface area contributed by atoms with Gasteiger partial charge in [-0.05, 0) is 26.8 Å². The molecule has 4 rings (SSSR count). The van der Waals surface area contributed by atoms with Gasteiger partial charge in [0.1, 0.15) is 11.3 Å². The van der Waals surface area contributed by atoms with Crippen molar-refractivity contribution in [2.45, 2.75) is 26.4 Å². The summed E-state index contributed by atoms with van der Waals surface area (Å²) in [6.45, 7) is 7.29. The van der Waals surface area contributed by atoms with Crippen LogP contribution in [0, 0.1) is 0 Å². The highest BCUT2D eigenvalue weighted by molar-refractivity contribution is 5.93. The summed E-state index contributed by atoms with van der Waals surface area (Å²) in [5, 5.41) is 0. The predicted molar refractivity (Wildman–Crippen MR) is 98.6 cm³/mol. The van der Waals surface area contributed by atoms with Crippen molar-refractivity contribution in [1.82, 2.24) is 29.2 Å². The average molecular weight is 370 g/mol. The number of carbonyl (C=O) groups is 2. The molecule has 3 aromatic heterocycles. The molecule has 2 amide bonds. The Morgan fingerprint density at radius 1 is 1.15 bits per heavy atom. The van der Waals surface area contributed by atoms with Crippen LogP contribution in [0.2, 0.25) is 0 Å². The fraction of sp³-hybridized carbons (Fsp3) is 0.444. The molecule has 0 aromatic carbocycles. The molecule has 0 spiro atoms. The Morgan fingerprint density at radius 2 is 1.85 bits per heavy atom. The molecule has 3 aromatic rings. The molecule has 0 saturated carbocycles. The summed E-state index contributed by atoms with van der Waals surface area (Å²) in [4.78, 5) is 40.1. The first-order chi connectivity index (χ1) is 12.8. The number of H-pyrrole nitrogens is 1. The van der Waals surface area contributed by atoms with E-state index in [-0.39, 0.29) is 12.0 Å². The van der Waals surface area contributed by atoms with Gasteiger partial charge in [0.25, 0.3) is 5.91 Å². The highest BCUT2D eigenvalue weighted by atomic mass is 16.6. The molecule has 1 N–H and O–H groups in total. The molecule has 4 heterocycles. The van der Waals surface area contributed by atoms with Crippen molar-refractivity contribution in [1.29, 1.82) is 0 Å². The topological polar surface area (TPSA) is 95.8 Å². The van der Waals surface area contributed by atoms with Crippen LogP contribution in [0.3, 0.4) is 0 Å². The summed E-state index contributed by atoms with van der Waals surface area (Å²) in [7, 11) is 0. The first kappa shape index (κ1) is 17.3. The SMILES string of the molecule is CC(C)(C)OC(=O)N1CCN(C(=O)c2cn3c(cnc4[nH]ccc43)n2)CC1. The third-order valence-corrected chi connectivity index (χ3v) is 4.44. The third-order valence-electron chi connectivity index (χ3n) is 4.44. The van der Waals surface area contributed by atoms with Crippen molar-refractivity contribution in [2.75, 3.05) is 26.2 Å². The molecular formula is C18H22N6O3. The fourth-order valence-corrected chi connectivity index (χ4v) is 3.13. The van der Waals surface area contributed by atoms with E-state index in [1.165, 1.54) is 0 Å². The van der Waals surface area contributed by atoms with Crippen molar-refractivity contribution in [2.24, 2.45) is 0 Å². The van der Waals surface area contributed by atoms with Crippen LogP contribution >= 0.6 is 0 Å². The first-order valence-electron chi connectivity index (χ1n) is 8.90. The van der Waals surface area contributed by atoms with Gasteiger partial charge in [0.15, 0.2) is 11.3 Å². The summed E-state index contributed by atoms with van der Waals surface area (Å²) >= 11 is 0. The van der Waals surface area contributed by atoms with Crippen LogP contribution in [0.1, 0.15) is 31.3 Å². The normalized spacial score (nSPS) is 15.5. The standard InChI is InChI=1S/C18H22N6O3/c1-18(2,3)27-17(26)23-8-6-22(7-9-23)16(25)12-11-24-13-4-5-19-15(13)20-10-14(24)21-12/h4-5,10-11,19H,6-9H2,1-3H3. The number of fused-ring (bicyclic) bond motifs is 3. The molecule has 1 aliphatic heterocycles. The molecule has 0 atom stereocenters. The van der Waals surface area contributed by atoms with Crippen LogP contribution in [-0.4, -0.2) is 72.9 Å². The van der Waals surface area contributed by atoms with Crippen LogP contribution in [0.25, 0.3) is 16.8 Å². The molecule has 0 unspecified atom stereocenters. The molecule has 1 fully saturated rings. The minimum absolute atomic E-state index is 0.147. The van der Waals surface area contributed by atoms with E-state index in [0.717, 1.165) is 11.2 Å². The minimum Gasteiger partial charge on any atom is -0.444 e. The Morgan fingerprint density at radius 3 is 2.56 bits per heavy atom. The Bertz CT molecular complexity index is 1010. The molecule has 142 valence electrons. The number of rotatable bonds is 1. The number of ether oxygens (including phenoxy) is 1. The number of aromatic nitrogens is 4. The van der Waals surface area contributed by atoms with Crippen LogP contribution in [-0.2, 0) is 4.74 Å². The maximum Gasteiger partial charge on any atom is 0.410 e. The van der Waals surface area contributed by atoms with Gasteiger partial charge in [0.05, 0.1) is 11.7 Å². The predicted octanol–water partition coefficient (Wildman–Crippen LogP) is 1.90. The van der Waals surface area contributed by atoms with Gasteiger partial charge in [-0.15, -0.1) is 0 Å². The van der Waals surface area contributed by atoms with Gasteiger partial charge >= 0.3 is 6.09 Å². The second kappa shape index (κ2) is 6.26. The van der Waals surface area contributed by atoms with Crippen LogP contribution in [0.5, 0.6) is 0 Å². The number of imidazole rings is 1. The number of aromatic amines is 1. The van der Waals surface area contributed by atoms with Crippen molar-refractivity contribution in [3.8, 4) is 0 Å². The van der Waals surface area contributed by atoms with E-state index in [2.05, 4.69) is 15.0 Å². The van der Waals surface area contributed by atoms with E-state index in [1.807, 2.05) is 31.2 Å². The monoisotopic (exact) mass is 370 g/mol. The van der Waals surface area contributed by atoms with Crippen molar-refractivity contribution in [3.63, 3.8) is 0 Å². The molecule has 9 nitrogen and oxygen atoms in total. The van der Waals surface area contributed by atoms with Gasteiger partial charge in [-0.2, -0.15) is 0 Å². The molecular weight excluding hydrogens is 348 g/mol. The lowest BCUT2D eigenvalue weighted by molar-refractivity contribution is 0.0140. The van der Waals surface area contributed by atoms with Gasteiger partial charge in [0.2, 0.25) is 0 Å². The van der Waals surface area contributed by atoms with Gasteiger partial charge < -0.3 is 19.5 Å². The summed E-state index contributed by atoms with van der Waals surface area (Å²) in [5.74, 6) is -0.147. The minimum atomic E-state index is -0.530. The number of piperazine rings is 1. The van der Waals surface area contributed by atoms with Gasteiger partial charge in [0, 0.05) is 38.6 Å². The zero-order valence-electron chi connectivity index (χ0n) is 15.6. The van der Waals surface area contributed by atoms with E-state index in [1.54, 1.807) is 28.4 Å². The Kier molecular flexibility index (Phi) is 4.01. The number of hydrogen-bond donors (Lipinski definition) is 1. The second-order valence-electron chi connectivity index (χ2n) is 7.58. The molecule has 9 heteroatoms. The van der Waals surface area contributed by atoms with E-state index >= 15 is 0 Å². The van der Waals surface area contributed by atoms with Gasteiger partial charge in [-0.3, -0.25) is 9.20 Å². The molecule has 0 bridgehead atoms. The lowest BCUT2D eigenvalue weighted by Gasteiger charge is -2.35. The van der Waals surface area contributed by atoms with E-state index < -0.39 is 5.60 Å². The largest absolute Gasteiger partial charge is 0.444 e. The Labute approximate surface area is 155 Å². The summed E-state index contributed by atoms with van der Waals surface area (Å²) in [6, 6.07) is 1.89. The Balaban J connectivity index is 1.46. The first-order valence-corrected chi connectivity index (χ1v) is 8.90. The maximum atomic E-state index is 12.8. The van der Waals surface area contributed by atoms with Crippen LogP contribution in [0.4, 0.5) is 4.79 Å². The Hall–Kier alpha value is -3.10. The fourth-order valence-electron chi connectivity index (χ4n) is 3.13. The van der Waals surface area contributed by atoms with Crippen molar-refractivity contribution >= 4 is 28.8 Å². The molecule has 0 aliphatic carbocycles. The number of nitrogens with zero attached hydrogens (tertiary/aromatic N) is 5. The third kappa shape index (κ3) is 3.32.